The van der Waals surface area contributed by atoms with E-state index in [1.807, 2.05) is 6.07 Å². The highest BCUT2D eigenvalue weighted by Crippen LogP contribution is 2.31. The summed E-state index contributed by atoms with van der Waals surface area (Å²) in [6, 6.07) is 3.77. The maximum absolute atomic E-state index is 12.5. The highest BCUT2D eigenvalue weighted by atomic mass is 32.2. The SMILES string of the molecule is O=S(=O)(C1CC1)n1cc(-c2nccc(Nc3cc(NC4CCC(O)CC4)c(C#CC4(O)CCCC4)cn3)n2)cn1. The van der Waals surface area contributed by atoms with Crippen molar-refractivity contribution >= 4 is 27.3 Å². The number of hydrogen-bond acceptors (Lipinski definition) is 10. The maximum atomic E-state index is 12.5. The molecule has 3 aromatic rings. The summed E-state index contributed by atoms with van der Waals surface area (Å²) in [6.45, 7) is 0. The Morgan fingerprint density at radius 1 is 1.02 bits per heavy atom. The Balaban J connectivity index is 1.24. The summed E-state index contributed by atoms with van der Waals surface area (Å²) >= 11 is 0. The molecule has 0 saturated heterocycles. The normalized spacial score (nSPS) is 22.4. The standard InChI is InChI=1S/C28H33N7O4S/c36-22-5-3-21(4-6-22)32-24-15-26(30-16-19(24)9-13-28(37)11-1-2-12-28)33-25-10-14-29-27(34-25)20-17-31-35(18-20)40(38,39)23-7-8-23/h10,14-18,21-23,36-37H,1-8,11-12H2,(H2,29,30,32,33,34). The fourth-order valence-corrected chi connectivity index (χ4v) is 6.70. The van der Waals surface area contributed by atoms with Gasteiger partial charge in [0.1, 0.15) is 17.2 Å². The topological polar surface area (TPSA) is 155 Å². The monoisotopic (exact) mass is 563 g/mol. The van der Waals surface area contributed by atoms with Crippen LogP contribution in [-0.2, 0) is 10.0 Å². The van der Waals surface area contributed by atoms with E-state index in [2.05, 4.69) is 42.5 Å². The summed E-state index contributed by atoms with van der Waals surface area (Å²) in [5.74, 6) is 7.60. The van der Waals surface area contributed by atoms with Crippen molar-refractivity contribution < 1.29 is 18.6 Å². The van der Waals surface area contributed by atoms with Crippen molar-refractivity contribution in [3.63, 3.8) is 0 Å². The predicted molar refractivity (Wildman–Crippen MR) is 150 cm³/mol. The number of rotatable bonds is 7. The minimum atomic E-state index is -3.47. The second kappa shape index (κ2) is 10.8. The van der Waals surface area contributed by atoms with Gasteiger partial charge in [-0.05, 0) is 70.3 Å². The molecule has 3 aromatic heterocycles. The third-order valence-electron chi connectivity index (χ3n) is 7.76. The van der Waals surface area contributed by atoms with E-state index in [1.54, 1.807) is 18.5 Å². The first kappa shape index (κ1) is 26.7. The number of anilines is 3. The van der Waals surface area contributed by atoms with E-state index in [4.69, 9.17) is 0 Å². The smallest absolute Gasteiger partial charge is 0.256 e. The number of nitrogens with zero attached hydrogens (tertiary/aromatic N) is 5. The molecule has 12 heteroatoms. The first-order valence-electron chi connectivity index (χ1n) is 13.9. The van der Waals surface area contributed by atoms with Gasteiger partial charge in [-0.2, -0.15) is 9.19 Å². The van der Waals surface area contributed by atoms with Gasteiger partial charge in [-0.15, -0.1) is 0 Å². The zero-order chi connectivity index (χ0) is 27.7. The Morgan fingerprint density at radius 3 is 2.55 bits per heavy atom. The summed E-state index contributed by atoms with van der Waals surface area (Å²) in [5.41, 5.74) is 1.04. The molecule has 3 heterocycles. The van der Waals surface area contributed by atoms with Gasteiger partial charge in [0.25, 0.3) is 10.0 Å². The van der Waals surface area contributed by atoms with Gasteiger partial charge in [-0.25, -0.2) is 23.4 Å². The Hall–Kier alpha value is -3.53. The number of hydrogen-bond donors (Lipinski definition) is 4. The van der Waals surface area contributed by atoms with Crippen molar-refractivity contribution in [3.8, 4) is 23.2 Å². The molecule has 0 aromatic carbocycles. The van der Waals surface area contributed by atoms with Crippen LogP contribution in [0.5, 0.6) is 0 Å². The van der Waals surface area contributed by atoms with Crippen LogP contribution in [0.1, 0.15) is 69.8 Å². The fraction of sp³-hybridized carbons (Fsp3) is 0.500. The molecule has 0 radical (unpaired) electrons. The van der Waals surface area contributed by atoms with Gasteiger partial charge in [-0.3, -0.25) is 0 Å². The zero-order valence-corrected chi connectivity index (χ0v) is 22.9. The molecule has 3 aliphatic carbocycles. The van der Waals surface area contributed by atoms with Gasteiger partial charge in [0, 0.05) is 24.5 Å². The van der Waals surface area contributed by atoms with E-state index in [-0.39, 0.29) is 17.4 Å². The molecule has 0 unspecified atom stereocenters. The molecule has 3 fully saturated rings. The molecule has 11 nitrogen and oxygen atoms in total. The number of aromatic nitrogens is 5. The predicted octanol–water partition coefficient (Wildman–Crippen LogP) is 3.19. The minimum Gasteiger partial charge on any atom is -0.393 e. The van der Waals surface area contributed by atoms with Crippen molar-refractivity contribution in [1.29, 1.82) is 0 Å². The minimum absolute atomic E-state index is 0.197. The molecule has 210 valence electrons. The first-order valence-corrected chi connectivity index (χ1v) is 15.4. The number of pyridine rings is 1. The quantitative estimate of drug-likeness (QED) is 0.315. The molecule has 3 aliphatic rings. The summed E-state index contributed by atoms with van der Waals surface area (Å²) in [5, 5.41) is 31.1. The van der Waals surface area contributed by atoms with Gasteiger partial charge < -0.3 is 20.8 Å². The Kier molecular flexibility index (Phi) is 7.20. The van der Waals surface area contributed by atoms with Gasteiger partial charge in [0.2, 0.25) is 0 Å². The van der Waals surface area contributed by atoms with E-state index in [0.29, 0.717) is 54.3 Å². The number of aliphatic hydroxyl groups is 2. The Bertz CT molecular complexity index is 1540. The lowest BCUT2D eigenvalue weighted by Gasteiger charge is -2.27. The van der Waals surface area contributed by atoms with Crippen molar-refractivity contribution in [2.45, 2.75) is 87.2 Å². The molecular weight excluding hydrogens is 530 g/mol. The van der Waals surface area contributed by atoms with Crippen LogP contribution < -0.4 is 10.6 Å². The number of nitrogens with one attached hydrogen (secondary N) is 2. The molecular formula is C28H33N7O4S. The molecule has 3 saturated carbocycles. The number of aliphatic hydroxyl groups excluding tert-OH is 1. The summed E-state index contributed by atoms with van der Waals surface area (Å²) < 4.78 is 26.0. The second-order valence-corrected chi connectivity index (χ2v) is 13.1. The summed E-state index contributed by atoms with van der Waals surface area (Å²) in [4.78, 5) is 13.4. The van der Waals surface area contributed by atoms with Crippen LogP contribution in [0.3, 0.4) is 0 Å². The second-order valence-electron chi connectivity index (χ2n) is 11.0. The fourth-order valence-electron chi connectivity index (χ4n) is 5.23. The van der Waals surface area contributed by atoms with E-state index in [9.17, 15) is 18.6 Å². The highest BCUT2D eigenvalue weighted by Gasteiger charge is 2.37. The average molecular weight is 564 g/mol. The van der Waals surface area contributed by atoms with Crippen molar-refractivity contribution in [2.24, 2.45) is 0 Å². The van der Waals surface area contributed by atoms with Crippen LogP contribution in [0.4, 0.5) is 17.3 Å². The van der Waals surface area contributed by atoms with Gasteiger partial charge in [0.05, 0.1) is 40.6 Å². The molecule has 0 amide bonds. The van der Waals surface area contributed by atoms with Crippen molar-refractivity contribution in [2.75, 3.05) is 10.6 Å². The van der Waals surface area contributed by atoms with Gasteiger partial charge >= 0.3 is 0 Å². The summed E-state index contributed by atoms with van der Waals surface area (Å²) in [7, 11) is -3.47. The van der Waals surface area contributed by atoms with E-state index in [1.165, 1.54) is 12.4 Å². The third-order valence-corrected chi connectivity index (χ3v) is 9.79. The van der Waals surface area contributed by atoms with Crippen LogP contribution in [0.25, 0.3) is 11.4 Å². The highest BCUT2D eigenvalue weighted by molar-refractivity contribution is 7.90. The third kappa shape index (κ3) is 5.96. The van der Waals surface area contributed by atoms with Gasteiger partial charge in [0.15, 0.2) is 5.82 Å². The molecule has 0 bridgehead atoms. The average Bonchev–Trinajstić information content (AvgIpc) is 3.53. The van der Waals surface area contributed by atoms with E-state index >= 15 is 0 Å². The maximum Gasteiger partial charge on any atom is 0.256 e. The summed E-state index contributed by atoms with van der Waals surface area (Å²) in [6.07, 6.45) is 13.7. The largest absolute Gasteiger partial charge is 0.393 e. The van der Waals surface area contributed by atoms with Crippen LogP contribution in [0.2, 0.25) is 0 Å². The van der Waals surface area contributed by atoms with E-state index in [0.717, 1.165) is 48.3 Å². The van der Waals surface area contributed by atoms with Crippen molar-refractivity contribution in [3.05, 3.63) is 42.5 Å². The van der Waals surface area contributed by atoms with Crippen LogP contribution >= 0.6 is 0 Å². The molecule has 6 rings (SSSR count). The van der Waals surface area contributed by atoms with Crippen LogP contribution in [0, 0.1) is 11.8 Å². The Labute approximate surface area is 233 Å². The lowest BCUT2D eigenvalue weighted by molar-refractivity contribution is 0.110. The molecule has 0 atom stereocenters. The van der Waals surface area contributed by atoms with E-state index < -0.39 is 15.6 Å². The molecule has 40 heavy (non-hydrogen) atoms. The van der Waals surface area contributed by atoms with Crippen molar-refractivity contribution in [1.82, 2.24) is 24.1 Å². The van der Waals surface area contributed by atoms with Crippen LogP contribution in [0.15, 0.2) is 36.9 Å². The van der Waals surface area contributed by atoms with Gasteiger partial charge in [-0.1, -0.05) is 11.8 Å². The molecule has 4 N–H and O–H groups in total. The zero-order valence-electron chi connectivity index (χ0n) is 22.1. The molecule has 0 aliphatic heterocycles. The lowest BCUT2D eigenvalue weighted by Crippen LogP contribution is -2.28. The van der Waals surface area contributed by atoms with Crippen LogP contribution in [-0.4, -0.2) is 65.8 Å². The first-order chi connectivity index (χ1) is 19.3. The lowest BCUT2D eigenvalue weighted by atomic mass is 9.93. The Morgan fingerprint density at radius 2 is 1.80 bits per heavy atom. The molecule has 0 spiro atoms.